The lowest BCUT2D eigenvalue weighted by Crippen LogP contribution is -2.30. The van der Waals surface area contributed by atoms with Crippen LogP contribution >= 0.6 is 0 Å². The summed E-state index contributed by atoms with van der Waals surface area (Å²) in [6, 6.07) is 7.59. The zero-order valence-corrected chi connectivity index (χ0v) is 13.1. The Balaban J connectivity index is 1.46. The van der Waals surface area contributed by atoms with Gasteiger partial charge in [-0.2, -0.15) is 0 Å². The maximum atomic E-state index is 11.9. The van der Waals surface area contributed by atoms with Crippen molar-refractivity contribution in [2.24, 2.45) is 0 Å². The number of benzene rings is 1. The fourth-order valence-corrected chi connectivity index (χ4v) is 2.49. The summed E-state index contributed by atoms with van der Waals surface area (Å²) in [5.41, 5.74) is 1.54. The van der Waals surface area contributed by atoms with Crippen molar-refractivity contribution >= 4 is 17.9 Å². The van der Waals surface area contributed by atoms with Crippen molar-refractivity contribution in [1.82, 2.24) is 10.6 Å². The minimum absolute atomic E-state index is 0.0302. The Morgan fingerprint density at radius 3 is 2.61 bits per heavy atom. The van der Waals surface area contributed by atoms with Gasteiger partial charge in [-0.25, -0.2) is 0 Å². The molecule has 5 heteroatoms. The number of carbonyl (C=O) groups excluding carboxylic acids is 2. The van der Waals surface area contributed by atoms with E-state index in [2.05, 4.69) is 10.6 Å². The molecule has 1 heterocycles. The van der Waals surface area contributed by atoms with Crippen LogP contribution in [-0.2, 0) is 9.53 Å². The first kappa shape index (κ1) is 15.7. The van der Waals surface area contributed by atoms with Gasteiger partial charge < -0.3 is 15.4 Å². The van der Waals surface area contributed by atoms with Crippen LogP contribution in [0.15, 0.2) is 30.3 Å². The summed E-state index contributed by atoms with van der Waals surface area (Å²) < 4.78 is 5.46. The van der Waals surface area contributed by atoms with Crippen LogP contribution < -0.4 is 10.6 Å². The summed E-state index contributed by atoms with van der Waals surface area (Å²) in [5, 5.41) is 5.79. The van der Waals surface area contributed by atoms with Crippen molar-refractivity contribution in [3.63, 3.8) is 0 Å². The number of ether oxygens (including phenoxy) is 1. The molecule has 23 heavy (non-hydrogen) atoms. The van der Waals surface area contributed by atoms with E-state index in [-0.39, 0.29) is 17.9 Å². The van der Waals surface area contributed by atoms with Gasteiger partial charge in [-0.15, -0.1) is 0 Å². The second-order valence-corrected chi connectivity index (χ2v) is 6.08. The molecule has 0 aromatic heterocycles. The van der Waals surface area contributed by atoms with Crippen LogP contribution in [0.5, 0.6) is 0 Å². The molecule has 5 nitrogen and oxygen atoms in total. The predicted octanol–water partition coefficient (Wildman–Crippen LogP) is 1.89. The van der Waals surface area contributed by atoms with Crippen LogP contribution in [0.25, 0.3) is 6.08 Å². The summed E-state index contributed by atoms with van der Waals surface area (Å²) in [6.07, 6.45) is 7.63. The van der Waals surface area contributed by atoms with E-state index in [4.69, 9.17) is 4.74 Å². The van der Waals surface area contributed by atoms with Crippen molar-refractivity contribution in [3.8, 4) is 0 Å². The molecule has 122 valence electrons. The molecule has 1 aromatic carbocycles. The molecule has 2 N–H and O–H groups in total. The molecule has 1 unspecified atom stereocenters. The average Bonchev–Trinajstić information content (AvgIpc) is 3.22. The molecule has 0 radical (unpaired) electrons. The quantitative estimate of drug-likeness (QED) is 0.788. The third-order valence-corrected chi connectivity index (χ3v) is 4.04. The molecule has 2 fully saturated rings. The molecule has 1 aromatic rings. The number of hydrogen-bond acceptors (Lipinski definition) is 3. The molecule has 0 spiro atoms. The van der Waals surface area contributed by atoms with Crippen LogP contribution in [-0.4, -0.2) is 37.1 Å². The lowest BCUT2D eigenvalue weighted by molar-refractivity contribution is -0.116. The zero-order valence-electron chi connectivity index (χ0n) is 13.1. The third-order valence-electron chi connectivity index (χ3n) is 4.04. The van der Waals surface area contributed by atoms with E-state index in [1.807, 2.05) is 12.1 Å². The molecular formula is C18H22N2O3. The Hall–Kier alpha value is -2.14. The van der Waals surface area contributed by atoms with E-state index in [1.165, 1.54) is 6.08 Å². The van der Waals surface area contributed by atoms with Crippen molar-refractivity contribution < 1.29 is 14.3 Å². The number of nitrogens with one attached hydrogen (secondary N) is 2. The molecule has 3 rings (SSSR count). The number of carbonyl (C=O) groups is 2. The predicted molar refractivity (Wildman–Crippen MR) is 87.9 cm³/mol. The topological polar surface area (TPSA) is 67.4 Å². The highest BCUT2D eigenvalue weighted by molar-refractivity contribution is 5.95. The Kier molecular flexibility index (Phi) is 5.08. The Bertz CT molecular complexity index is 585. The highest BCUT2D eigenvalue weighted by Gasteiger charge is 2.23. The molecule has 1 atom stereocenters. The van der Waals surface area contributed by atoms with E-state index in [0.717, 1.165) is 37.9 Å². The maximum Gasteiger partial charge on any atom is 0.251 e. The summed E-state index contributed by atoms with van der Waals surface area (Å²) >= 11 is 0. The van der Waals surface area contributed by atoms with Gasteiger partial charge in [0.25, 0.3) is 5.91 Å². The second-order valence-electron chi connectivity index (χ2n) is 6.08. The fraction of sp³-hybridized carbons (Fsp3) is 0.444. The van der Waals surface area contributed by atoms with E-state index in [1.54, 1.807) is 18.2 Å². The maximum absolute atomic E-state index is 11.9. The van der Waals surface area contributed by atoms with Gasteiger partial charge >= 0.3 is 0 Å². The van der Waals surface area contributed by atoms with Crippen molar-refractivity contribution in [3.05, 3.63) is 41.5 Å². The van der Waals surface area contributed by atoms with Crippen molar-refractivity contribution in [2.75, 3.05) is 13.2 Å². The summed E-state index contributed by atoms with van der Waals surface area (Å²) in [5.74, 6) is -0.159. The largest absolute Gasteiger partial charge is 0.376 e. The minimum Gasteiger partial charge on any atom is -0.376 e. The zero-order chi connectivity index (χ0) is 16.1. The van der Waals surface area contributed by atoms with Crippen LogP contribution in [0, 0.1) is 0 Å². The normalized spacial score (nSPS) is 20.6. The highest BCUT2D eigenvalue weighted by Crippen LogP contribution is 2.19. The van der Waals surface area contributed by atoms with Gasteiger partial charge in [0, 0.05) is 30.8 Å². The van der Waals surface area contributed by atoms with Crippen LogP contribution in [0.1, 0.15) is 41.6 Å². The van der Waals surface area contributed by atoms with Gasteiger partial charge in [0.15, 0.2) is 0 Å². The smallest absolute Gasteiger partial charge is 0.251 e. The standard InChI is InChI=1S/C18H22N2O3/c21-17(19-12-16-2-1-11-23-16)10-5-13-3-6-14(7-4-13)18(22)20-15-8-9-15/h3-7,10,15-16H,1-2,8-9,11-12H2,(H,19,21)(H,20,22)/b10-5+. The Labute approximate surface area is 136 Å². The Morgan fingerprint density at radius 2 is 1.96 bits per heavy atom. The van der Waals surface area contributed by atoms with E-state index in [0.29, 0.717) is 18.2 Å². The van der Waals surface area contributed by atoms with Gasteiger partial charge in [-0.1, -0.05) is 12.1 Å². The first-order valence-electron chi connectivity index (χ1n) is 8.19. The lowest BCUT2D eigenvalue weighted by atomic mass is 10.1. The average molecular weight is 314 g/mol. The molecule has 1 saturated heterocycles. The number of amides is 2. The molecule has 1 saturated carbocycles. The third kappa shape index (κ3) is 4.93. The van der Waals surface area contributed by atoms with Crippen molar-refractivity contribution in [2.45, 2.75) is 37.8 Å². The molecule has 0 bridgehead atoms. The molecule has 2 amide bonds. The van der Waals surface area contributed by atoms with Gasteiger partial charge in [-0.05, 0) is 49.5 Å². The van der Waals surface area contributed by atoms with Gasteiger partial charge in [-0.3, -0.25) is 9.59 Å². The molecule has 1 aliphatic carbocycles. The fourth-order valence-electron chi connectivity index (χ4n) is 2.49. The molecule has 2 aliphatic rings. The van der Waals surface area contributed by atoms with Crippen LogP contribution in [0.2, 0.25) is 0 Å². The lowest BCUT2D eigenvalue weighted by Gasteiger charge is -2.08. The summed E-state index contributed by atoms with van der Waals surface area (Å²) in [6.45, 7) is 1.35. The number of rotatable bonds is 6. The molecular weight excluding hydrogens is 292 g/mol. The highest BCUT2D eigenvalue weighted by atomic mass is 16.5. The molecule has 1 aliphatic heterocycles. The second kappa shape index (κ2) is 7.42. The first-order chi connectivity index (χ1) is 11.2. The monoisotopic (exact) mass is 314 g/mol. The van der Waals surface area contributed by atoms with Gasteiger partial charge in [0.2, 0.25) is 5.91 Å². The summed E-state index contributed by atoms with van der Waals surface area (Å²) in [7, 11) is 0. The summed E-state index contributed by atoms with van der Waals surface area (Å²) in [4.78, 5) is 23.6. The van der Waals surface area contributed by atoms with E-state index < -0.39 is 0 Å². The Morgan fingerprint density at radius 1 is 1.17 bits per heavy atom. The van der Waals surface area contributed by atoms with E-state index in [9.17, 15) is 9.59 Å². The minimum atomic E-state index is -0.129. The SMILES string of the molecule is O=C(/C=C/c1ccc(C(=O)NC2CC2)cc1)NCC1CCCO1. The van der Waals surface area contributed by atoms with E-state index >= 15 is 0 Å². The first-order valence-corrected chi connectivity index (χ1v) is 8.19. The van der Waals surface area contributed by atoms with Crippen LogP contribution in [0.3, 0.4) is 0 Å². The number of hydrogen-bond donors (Lipinski definition) is 2. The van der Waals surface area contributed by atoms with Crippen molar-refractivity contribution in [1.29, 1.82) is 0 Å². The van der Waals surface area contributed by atoms with Gasteiger partial charge in [0.05, 0.1) is 6.10 Å². The van der Waals surface area contributed by atoms with Gasteiger partial charge in [0.1, 0.15) is 0 Å². The van der Waals surface area contributed by atoms with Crippen LogP contribution in [0.4, 0.5) is 0 Å².